The third kappa shape index (κ3) is 3.77. The molecule has 1 aromatic heterocycles. The van der Waals surface area contributed by atoms with Crippen molar-refractivity contribution in [3.05, 3.63) is 76.1 Å². The molecule has 1 N–H and O–H groups in total. The molecule has 3 rings (SSSR count). The first-order valence-corrected chi connectivity index (χ1v) is 9.82. The van der Waals surface area contributed by atoms with E-state index in [0.29, 0.717) is 5.02 Å². The van der Waals surface area contributed by atoms with E-state index in [0.717, 1.165) is 23.5 Å². The molecule has 0 saturated heterocycles. The van der Waals surface area contributed by atoms with Gasteiger partial charge >= 0.3 is 0 Å². The Kier molecular flexibility index (Phi) is 5.08. The van der Waals surface area contributed by atoms with Crippen LogP contribution in [0.1, 0.15) is 9.67 Å². The van der Waals surface area contributed by atoms with Crippen LogP contribution in [0, 0.1) is 11.6 Å². The number of anilines is 1. The normalized spacial score (nSPS) is 11.3. The molecule has 0 fully saturated rings. The number of hydrogen-bond acceptors (Lipinski definition) is 4. The summed E-state index contributed by atoms with van der Waals surface area (Å²) in [6.45, 7) is 0. The maximum Gasteiger partial charge on any atom is 0.265 e. The molecule has 3 aromatic rings. The van der Waals surface area contributed by atoms with Crippen molar-refractivity contribution in [2.24, 2.45) is 0 Å². The molecular weight excluding hydrogens is 404 g/mol. The van der Waals surface area contributed by atoms with Crippen LogP contribution in [0.2, 0.25) is 5.02 Å². The number of thiophene rings is 1. The minimum absolute atomic E-state index is 0.0183. The average Bonchev–Trinajstić information content (AvgIpc) is 3.10. The number of benzene rings is 2. The summed E-state index contributed by atoms with van der Waals surface area (Å²) in [5, 5.41) is 2.80. The highest BCUT2D eigenvalue weighted by atomic mass is 35.5. The first-order valence-electron chi connectivity index (χ1n) is 7.14. The van der Waals surface area contributed by atoms with Gasteiger partial charge in [-0.25, -0.2) is 17.2 Å². The van der Waals surface area contributed by atoms with E-state index in [9.17, 15) is 22.0 Å². The fraction of sp³-hybridized carbons (Fsp3) is 0. The van der Waals surface area contributed by atoms with Gasteiger partial charge in [-0.1, -0.05) is 11.6 Å². The van der Waals surface area contributed by atoms with Crippen LogP contribution in [0.15, 0.2) is 63.7 Å². The Morgan fingerprint density at radius 1 is 0.962 bits per heavy atom. The van der Waals surface area contributed by atoms with Gasteiger partial charge in [0.15, 0.2) is 11.6 Å². The molecule has 0 aliphatic rings. The third-order valence-electron chi connectivity index (χ3n) is 3.37. The van der Waals surface area contributed by atoms with Crippen molar-refractivity contribution < 1.29 is 22.0 Å². The van der Waals surface area contributed by atoms with Gasteiger partial charge in [-0.15, -0.1) is 11.3 Å². The molecule has 9 heteroatoms. The molecule has 0 aliphatic carbocycles. The molecule has 0 atom stereocenters. The van der Waals surface area contributed by atoms with E-state index in [1.807, 2.05) is 0 Å². The zero-order valence-corrected chi connectivity index (χ0v) is 15.3. The Balaban J connectivity index is 1.83. The largest absolute Gasteiger partial charge is 0.321 e. The van der Waals surface area contributed by atoms with Crippen molar-refractivity contribution in [3.63, 3.8) is 0 Å². The lowest BCUT2D eigenvalue weighted by Crippen LogP contribution is -2.10. The quantitative estimate of drug-likeness (QED) is 0.670. The SMILES string of the molecule is O=C(Nc1ccc(F)c(F)c1)c1ccc(S(=O)(=O)c2ccc(Cl)cc2)s1. The molecule has 0 saturated carbocycles. The highest BCUT2D eigenvalue weighted by Gasteiger charge is 2.22. The molecule has 0 aliphatic heterocycles. The molecule has 1 heterocycles. The zero-order chi connectivity index (χ0) is 18.9. The number of amides is 1. The summed E-state index contributed by atoms with van der Waals surface area (Å²) in [7, 11) is -3.78. The molecule has 0 unspecified atom stereocenters. The van der Waals surface area contributed by atoms with Crippen LogP contribution in [-0.4, -0.2) is 14.3 Å². The van der Waals surface area contributed by atoms with Crippen molar-refractivity contribution in [2.75, 3.05) is 5.32 Å². The third-order valence-corrected chi connectivity index (χ3v) is 6.97. The van der Waals surface area contributed by atoms with Gasteiger partial charge in [0.1, 0.15) is 4.21 Å². The monoisotopic (exact) mass is 413 g/mol. The zero-order valence-electron chi connectivity index (χ0n) is 12.9. The number of hydrogen-bond donors (Lipinski definition) is 1. The summed E-state index contributed by atoms with van der Waals surface area (Å²) in [5.41, 5.74) is 0.0596. The van der Waals surface area contributed by atoms with Crippen LogP contribution in [0.4, 0.5) is 14.5 Å². The first kappa shape index (κ1) is 18.5. The molecular formula is C17H10ClF2NO3S2. The minimum atomic E-state index is -3.78. The lowest BCUT2D eigenvalue weighted by Gasteiger charge is -2.04. The van der Waals surface area contributed by atoms with Crippen LogP contribution in [0.25, 0.3) is 0 Å². The number of rotatable bonds is 4. The van der Waals surface area contributed by atoms with E-state index in [2.05, 4.69) is 5.32 Å². The molecule has 134 valence electrons. The van der Waals surface area contributed by atoms with Gasteiger partial charge in [0.2, 0.25) is 9.84 Å². The Bertz CT molecular complexity index is 1080. The Labute approximate surface area is 157 Å². The van der Waals surface area contributed by atoms with Gasteiger partial charge in [-0.05, 0) is 48.5 Å². The summed E-state index contributed by atoms with van der Waals surface area (Å²) in [6, 6.07) is 11.3. The van der Waals surface area contributed by atoms with Gasteiger partial charge in [-0.3, -0.25) is 4.79 Å². The lowest BCUT2D eigenvalue weighted by atomic mass is 10.3. The smallest absolute Gasteiger partial charge is 0.265 e. The molecule has 0 radical (unpaired) electrons. The minimum Gasteiger partial charge on any atom is -0.321 e. The number of carbonyl (C=O) groups excluding carboxylic acids is 1. The highest BCUT2D eigenvalue weighted by molar-refractivity contribution is 7.93. The predicted molar refractivity (Wildman–Crippen MR) is 95.5 cm³/mol. The second kappa shape index (κ2) is 7.14. The van der Waals surface area contributed by atoms with Gasteiger partial charge in [0, 0.05) is 16.8 Å². The van der Waals surface area contributed by atoms with Gasteiger partial charge in [0.25, 0.3) is 5.91 Å². The maximum absolute atomic E-state index is 13.2. The van der Waals surface area contributed by atoms with Crippen molar-refractivity contribution in [1.82, 2.24) is 0 Å². The van der Waals surface area contributed by atoms with E-state index in [1.54, 1.807) is 0 Å². The van der Waals surface area contributed by atoms with E-state index in [-0.39, 0.29) is 19.7 Å². The van der Waals surface area contributed by atoms with Crippen LogP contribution in [-0.2, 0) is 9.84 Å². The van der Waals surface area contributed by atoms with Crippen molar-refractivity contribution in [3.8, 4) is 0 Å². The van der Waals surface area contributed by atoms with Gasteiger partial charge in [0.05, 0.1) is 9.77 Å². The summed E-state index contributed by atoms with van der Waals surface area (Å²) in [5.74, 6) is -2.76. The molecule has 26 heavy (non-hydrogen) atoms. The van der Waals surface area contributed by atoms with Crippen LogP contribution in [0.5, 0.6) is 0 Å². The second-order valence-corrected chi connectivity index (χ2v) is 8.86. The molecule has 2 aromatic carbocycles. The fourth-order valence-corrected chi connectivity index (χ4v) is 4.81. The second-order valence-electron chi connectivity index (χ2n) is 5.16. The molecule has 0 bridgehead atoms. The predicted octanol–water partition coefficient (Wildman–Crippen LogP) is 4.76. The first-order chi connectivity index (χ1) is 12.3. The lowest BCUT2D eigenvalue weighted by molar-refractivity contribution is 0.103. The van der Waals surface area contributed by atoms with E-state index in [4.69, 9.17) is 11.6 Å². The van der Waals surface area contributed by atoms with Crippen molar-refractivity contribution >= 4 is 44.4 Å². The highest BCUT2D eigenvalue weighted by Crippen LogP contribution is 2.29. The van der Waals surface area contributed by atoms with E-state index >= 15 is 0 Å². The Hall–Kier alpha value is -2.29. The standard InChI is InChI=1S/C17H10ClF2NO3S2/c18-10-1-4-12(5-2-10)26(23,24)16-8-7-15(25-16)17(22)21-11-3-6-13(19)14(20)9-11/h1-9H,(H,21,22). The molecule has 4 nitrogen and oxygen atoms in total. The summed E-state index contributed by atoms with van der Waals surface area (Å²) in [6.07, 6.45) is 0. The van der Waals surface area contributed by atoms with E-state index < -0.39 is 27.4 Å². The summed E-state index contributed by atoms with van der Waals surface area (Å²) in [4.78, 5) is 12.4. The average molecular weight is 414 g/mol. The van der Waals surface area contributed by atoms with Gasteiger partial charge in [-0.2, -0.15) is 0 Å². The van der Waals surface area contributed by atoms with Crippen molar-refractivity contribution in [2.45, 2.75) is 9.10 Å². The topological polar surface area (TPSA) is 63.2 Å². The van der Waals surface area contributed by atoms with Crippen molar-refractivity contribution in [1.29, 1.82) is 0 Å². The van der Waals surface area contributed by atoms with Crippen LogP contribution < -0.4 is 5.32 Å². The van der Waals surface area contributed by atoms with Gasteiger partial charge < -0.3 is 5.32 Å². The number of nitrogens with one attached hydrogen (secondary N) is 1. The van der Waals surface area contributed by atoms with Crippen LogP contribution >= 0.6 is 22.9 Å². The number of sulfone groups is 1. The summed E-state index contributed by atoms with van der Waals surface area (Å²) < 4.78 is 51.2. The maximum atomic E-state index is 13.2. The molecule has 1 amide bonds. The van der Waals surface area contributed by atoms with E-state index in [1.165, 1.54) is 42.5 Å². The number of carbonyl (C=O) groups is 1. The Morgan fingerprint density at radius 3 is 2.31 bits per heavy atom. The Morgan fingerprint density at radius 2 is 1.65 bits per heavy atom. The van der Waals surface area contributed by atoms with Crippen LogP contribution in [0.3, 0.4) is 0 Å². The molecule has 0 spiro atoms. The summed E-state index contributed by atoms with van der Waals surface area (Å²) >= 11 is 6.53. The number of halogens is 3. The fourth-order valence-electron chi connectivity index (χ4n) is 2.08.